The number of piperidine rings is 2. The van der Waals surface area contributed by atoms with Crippen LogP contribution in [0.1, 0.15) is 24.8 Å². The van der Waals surface area contributed by atoms with Crippen molar-refractivity contribution < 1.29 is 23.1 Å². The third-order valence-corrected chi connectivity index (χ3v) is 7.33. The topological polar surface area (TPSA) is 73.9 Å². The Morgan fingerprint density at radius 2 is 1.68 bits per heavy atom. The van der Waals surface area contributed by atoms with E-state index >= 15 is 0 Å². The third-order valence-electron chi connectivity index (χ3n) is 7.33. The first-order valence-corrected chi connectivity index (χ1v) is 13.0. The average Bonchev–Trinajstić information content (AvgIpc) is 2.88. The normalized spacial score (nSPS) is 22.5. The quantitative estimate of drug-likeness (QED) is 0.561. The zero-order valence-electron chi connectivity index (χ0n) is 21.3. The highest BCUT2D eigenvalue weighted by molar-refractivity contribution is 5.89. The van der Waals surface area contributed by atoms with Crippen LogP contribution in [0.5, 0.6) is 0 Å². The number of ether oxygens (including phenoxy) is 1. The number of anilines is 1. The number of benzene rings is 2. The summed E-state index contributed by atoms with van der Waals surface area (Å²) in [5, 5.41) is 5.83. The van der Waals surface area contributed by atoms with Gasteiger partial charge in [-0.2, -0.15) is 0 Å². The zero-order chi connectivity index (χ0) is 26.2. The molecule has 2 N–H and O–H groups in total. The molecule has 0 spiro atoms. The van der Waals surface area contributed by atoms with Gasteiger partial charge in [0.15, 0.2) is 0 Å². The SMILES string of the molecule is COCC(=O)N1CC[C@@H](CN2CCC[C@@H](Cc3ccc(F)cc3)C2)[C@@H](NC(=O)Nc2ccc(F)cc2)C1. The summed E-state index contributed by atoms with van der Waals surface area (Å²) in [5.74, 6) is -0.00820. The van der Waals surface area contributed by atoms with Crippen LogP contribution in [0.15, 0.2) is 48.5 Å². The standard InChI is InChI=1S/C28H36F2N4O3/c1-37-19-27(35)34-14-12-22(26(18-34)32-28(36)31-25-10-8-24(30)9-11-25)17-33-13-2-3-21(16-33)15-20-4-6-23(29)7-5-20/h4-11,21-22,26H,2-3,12-19H2,1H3,(H2,31,32,36)/t21-,22-,26-/m0/s1. The first-order valence-electron chi connectivity index (χ1n) is 13.0. The Balaban J connectivity index is 1.38. The molecule has 37 heavy (non-hydrogen) atoms. The second-order valence-electron chi connectivity index (χ2n) is 10.1. The Morgan fingerprint density at radius 3 is 2.38 bits per heavy atom. The number of carbonyl (C=O) groups excluding carboxylic acids is 2. The molecule has 3 atom stereocenters. The number of carbonyl (C=O) groups is 2. The number of hydrogen-bond donors (Lipinski definition) is 2. The van der Waals surface area contributed by atoms with Crippen molar-refractivity contribution in [2.75, 3.05) is 51.8 Å². The highest BCUT2D eigenvalue weighted by Gasteiger charge is 2.34. The van der Waals surface area contributed by atoms with E-state index < -0.39 is 0 Å². The van der Waals surface area contributed by atoms with Crippen molar-refractivity contribution in [3.05, 3.63) is 65.7 Å². The first kappa shape index (κ1) is 27.0. The van der Waals surface area contributed by atoms with Crippen LogP contribution in [0.2, 0.25) is 0 Å². The summed E-state index contributed by atoms with van der Waals surface area (Å²) in [4.78, 5) is 29.5. The van der Waals surface area contributed by atoms with Crippen LogP contribution in [0.4, 0.5) is 19.3 Å². The second-order valence-corrected chi connectivity index (χ2v) is 10.1. The molecule has 2 aliphatic rings. The van der Waals surface area contributed by atoms with Gasteiger partial charge in [0, 0.05) is 39.0 Å². The maximum atomic E-state index is 13.3. The fourth-order valence-corrected chi connectivity index (χ4v) is 5.46. The summed E-state index contributed by atoms with van der Waals surface area (Å²) in [6.07, 6.45) is 3.93. The van der Waals surface area contributed by atoms with E-state index in [1.165, 1.54) is 43.5 Å². The summed E-state index contributed by atoms with van der Waals surface area (Å²) < 4.78 is 31.5. The first-order chi connectivity index (χ1) is 17.9. The second kappa shape index (κ2) is 13.0. The molecule has 0 saturated carbocycles. The van der Waals surface area contributed by atoms with Crippen LogP contribution >= 0.6 is 0 Å². The van der Waals surface area contributed by atoms with Gasteiger partial charge in [-0.15, -0.1) is 0 Å². The molecular weight excluding hydrogens is 478 g/mol. The number of methoxy groups -OCH3 is 1. The van der Waals surface area contributed by atoms with Crippen molar-refractivity contribution >= 4 is 17.6 Å². The highest BCUT2D eigenvalue weighted by atomic mass is 19.1. The van der Waals surface area contributed by atoms with Gasteiger partial charge in [-0.1, -0.05) is 12.1 Å². The molecule has 0 unspecified atom stereocenters. The molecule has 200 valence electrons. The molecule has 7 nitrogen and oxygen atoms in total. The lowest BCUT2D eigenvalue weighted by atomic mass is 9.87. The molecular formula is C28H36F2N4O3. The van der Waals surface area contributed by atoms with Crippen LogP contribution in [-0.4, -0.2) is 74.2 Å². The Morgan fingerprint density at radius 1 is 0.973 bits per heavy atom. The van der Waals surface area contributed by atoms with E-state index in [1.807, 2.05) is 12.1 Å². The Hall–Kier alpha value is -3.04. The van der Waals surface area contributed by atoms with Crippen LogP contribution < -0.4 is 10.6 Å². The molecule has 0 aromatic heterocycles. The van der Waals surface area contributed by atoms with Crippen LogP contribution in [0, 0.1) is 23.5 Å². The molecule has 0 radical (unpaired) electrons. The lowest BCUT2D eigenvalue weighted by Gasteiger charge is -2.42. The predicted octanol–water partition coefficient (Wildman–Crippen LogP) is 3.90. The lowest BCUT2D eigenvalue weighted by molar-refractivity contribution is -0.137. The molecule has 3 amide bonds. The van der Waals surface area contributed by atoms with E-state index in [9.17, 15) is 18.4 Å². The minimum Gasteiger partial charge on any atom is -0.375 e. The van der Waals surface area contributed by atoms with E-state index in [2.05, 4.69) is 15.5 Å². The van der Waals surface area contributed by atoms with Crippen molar-refractivity contribution in [2.45, 2.75) is 31.7 Å². The molecule has 0 bridgehead atoms. The minimum absolute atomic E-state index is 0.0103. The Bertz CT molecular complexity index is 1030. The van der Waals surface area contributed by atoms with Crippen molar-refractivity contribution in [3.63, 3.8) is 0 Å². The van der Waals surface area contributed by atoms with Crippen molar-refractivity contribution in [2.24, 2.45) is 11.8 Å². The lowest BCUT2D eigenvalue weighted by Crippen LogP contribution is -2.57. The van der Waals surface area contributed by atoms with Crippen LogP contribution in [-0.2, 0) is 16.0 Å². The van der Waals surface area contributed by atoms with Crippen LogP contribution in [0.3, 0.4) is 0 Å². The van der Waals surface area contributed by atoms with Crippen molar-refractivity contribution in [3.8, 4) is 0 Å². The van der Waals surface area contributed by atoms with Gasteiger partial charge in [-0.25, -0.2) is 13.6 Å². The number of amides is 3. The molecule has 9 heteroatoms. The van der Waals surface area contributed by atoms with Crippen molar-refractivity contribution in [1.82, 2.24) is 15.1 Å². The van der Waals surface area contributed by atoms with Gasteiger partial charge in [0.05, 0.1) is 6.04 Å². The minimum atomic E-state index is -0.379. The van der Waals surface area contributed by atoms with Gasteiger partial charge in [0.2, 0.25) is 5.91 Å². The highest BCUT2D eigenvalue weighted by Crippen LogP contribution is 2.25. The largest absolute Gasteiger partial charge is 0.375 e. The van der Waals surface area contributed by atoms with E-state index in [4.69, 9.17) is 4.74 Å². The smallest absolute Gasteiger partial charge is 0.319 e. The van der Waals surface area contributed by atoms with E-state index in [-0.39, 0.29) is 42.1 Å². The molecule has 0 aliphatic carbocycles. The fourth-order valence-electron chi connectivity index (χ4n) is 5.46. The number of likely N-dealkylation sites (tertiary alicyclic amines) is 2. The number of nitrogens with zero attached hydrogens (tertiary/aromatic N) is 2. The number of halogens is 2. The molecule has 2 saturated heterocycles. The zero-order valence-corrected chi connectivity index (χ0v) is 21.3. The van der Waals surface area contributed by atoms with Gasteiger partial charge in [0.25, 0.3) is 0 Å². The summed E-state index contributed by atoms with van der Waals surface area (Å²) in [5.41, 5.74) is 1.65. The summed E-state index contributed by atoms with van der Waals surface area (Å²) in [6, 6.07) is 11.8. The molecule has 2 aliphatic heterocycles. The molecule has 2 fully saturated rings. The summed E-state index contributed by atoms with van der Waals surface area (Å²) in [7, 11) is 1.50. The molecule has 2 aromatic carbocycles. The van der Waals surface area contributed by atoms with Gasteiger partial charge in [0.1, 0.15) is 18.2 Å². The van der Waals surface area contributed by atoms with E-state index in [0.717, 1.165) is 50.9 Å². The van der Waals surface area contributed by atoms with Gasteiger partial charge >= 0.3 is 6.03 Å². The van der Waals surface area contributed by atoms with E-state index in [1.54, 1.807) is 4.90 Å². The molecule has 2 aromatic rings. The van der Waals surface area contributed by atoms with E-state index in [0.29, 0.717) is 24.7 Å². The van der Waals surface area contributed by atoms with Gasteiger partial charge in [-0.3, -0.25) is 4.79 Å². The number of rotatable bonds is 8. The van der Waals surface area contributed by atoms with Gasteiger partial charge in [-0.05, 0) is 86.0 Å². The Labute approximate surface area is 217 Å². The molecule has 4 rings (SSSR count). The maximum Gasteiger partial charge on any atom is 0.319 e. The summed E-state index contributed by atoms with van der Waals surface area (Å²) >= 11 is 0. The molecule has 2 heterocycles. The monoisotopic (exact) mass is 514 g/mol. The fraction of sp³-hybridized carbons (Fsp3) is 0.500. The van der Waals surface area contributed by atoms with Gasteiger partial charge < -0.3 is 25.2 Å². The number of hydrogen-bond acceptors (Lipinski definition) is 4. The number of nitrogens with one attached hydrogen (secondary N) is 2. The maximum absolute atomic E-state index is 13.3. The summed E-state index contributed by atoms with van der Waals surface area (Å²) in [6.45, 7) is 3.82. The van der Waals surface area contributed by atoms with Crippen molar-refractivity contribution in [1.29, 1.82) is 0 Å². The third kappa shape index (κ3) is 7.97. The predicted molar refractivity (Wildman–Crippen MR) is 138 cm³/mol. The Kier molecular flexibility index (Phi) is 9.46. The van der Waals surface area contributed by atoms with Crippen LogP contribution in [0.25, 0.3) is 0 Å². The average molecular weight is 515 g/mol. The number of urea groups is 1.